The number of nitrogens with one attached hydrogen (secondary N) is 1. The molecule has 0 aliphatic carbocycles. The van der Waals surface area contributed by atoms with Crippen LogP contribution in [0.2, 0.25) is 0 Å². The quantitative estimate of drug-likeness (QED) is 0.186. The first-order valence-electron chi connectivity index (χ1n) is 11.6. The zero-order valence-corrected chi connectivity index (χ0v) is 22.3. The first-order chi connectivity index (χ1) is 17.9. The van der Waals surface area contributed by atoms with Crippen molar-refractivity contribution in [2.24, 2.45) is 0 Å². The van der Waals surface area contributed by atoms with E-state index in [1.807, 2.05) is 68.5 Å². The minimum absolute atomic E-state index is 0.105. The summed E-state index contributed by atoms with van der Waals surface area (Å²) in [5, 5.41) is 3.21. The molecule has 0 aromatic heterocycles. The summed E-state index contributed by atoms with van der Waals surface area (Å²) in [7, 11) is 7.86. The number of hydrogen-bond acceptors (Lipinski definition) is 7. The van der Waals surface area contributed by atoms with Gasteiger partial charge in [-0.2, -0.15) is 0 Å². The molecule has 0 atom stereocenters. The molecule has 0 saturated carbocycles. The van der Waals surface area contributed by atoms with Crippen LogP contribution in [0.5, 0.6) is 28.7 Å². The minimum atomic E-state index is -0.105. The molecular weight excluding hydrogens is 470 g/mol. The van der Waals surface area contributed by atoms with Crippen molar-refractivity contribution in [2.45, 2.75) is 13.8 Å². The monoisotopic (exact) mass is 503 g/mol. The van der Waals surface area contributed by atoms with E-state index in [1.165, 1.54) is 6.08 Å². The van der Waals surface area contributed by atoms with Gasteiger partial charge in [-0.15, -0.1) is 0 Å². The maximum absolute atomic E-state index is 12.7. The van der Waals surface area contributed by atoms with Crippen molar-refractivity contribution < 1.29 is 28.5 Å². The molecular formula is C30H33NO6. The van der Waals surface area contributed by atoms with Crippen LogP contribution in [0, 0.1) is 13.8 Å². The predicted octanol–water partition coefficient (Wildman–Crippen LogP) is 6.33. The lowest BCUT2D eigenvalue weighted by atomic mass is 10.0. The smallest absolute Gasteiger partial charge is 0.203 e. The van der Waals surface area contributed by atoms with E-state index in [9.17, 15) is 4.79 Å². The Kier molecular flexibility index (Phi) is 9.21. The molecule has 0 fully saturated rings. The summed E-state index contributed by atoms with van der Waals surface area (Å²) in [5.74, 6) is 2.60. The summed E-state index contributed by atoms with van der Waals surface area (Å²) in [5.41, 5.74) is 5.14. The Morgan fingerprint density at radius 1 is 0.703 bits per heavy atom. The number of ketones is 1. The lowest BCUT2D eigenvalue weighted by Crippen LogP contribution is -2.01. The number of hydrogen-bond donors (Lipinski definition) is 1. The number of carbonyl (C=O) groups excluding carboxylic acids is 1. The van der Waals surface area contributed by atoms with Gasteiger partial charge in [-0.1, -0.05) is 24.3 Å². The number of allylic oxidation sites excluding steroid dienone is 1. The molecule has 0 aliphatic heterocycles. The Bertz CT molecular complexity index is 1300. The molecule has 0 spiro atoms. The van der Waals surface area contributed by atoms with Crippen LogP contribution in [0.1, 0.15) is 32.6 Å². The third-order valence-corrected chi connectivity index (χ3v) is 5.97. The van der Waals surface area contributed by atoms with Gasteiger partial charge in [0.2, 0.25) is 5.75 Å². The molecule has 0 aliphatic rings. The molecule has 0 heterocycles. The number of benzene rings is 3. The highest BCUT2D eigenvalue weighted by Crippen LogP contribution is 2.40. The predicted molar refractivity (Wildman–Crippen MR) is 148 cm³/mol. The van der Waals surface area contributed by atoms with E-state index in [1.54, 1.807) is 41.7 Å². The third-order valence-electron chi connectivity index (χ3n) is 5.97. The number of ether oxygens (including phenoxy) is 5. The molecule has 3 aromatic carbocycles. The summed E-state index contributed by atoms with van der Waals surface area (Å²) in [6, 6.07) is 13.1. The number of aryl methyl sites for hydroxylation is 2. The zero-order chi connectivity index (χ0) is 26.9. The normalized spacial score (nSPS) is 11.0. The Morgan fingerprint density at radius 2 is 1.35 bits per heavy atom. The minimum Gasteiger partial charge on any atom is -0.493 e. The second-order valence-corrected chi connectivity index (χ2v) is 8.20. The fraction of sp³-hybridized carbons (Fsp3) is 0.233. The van der Waals surface area contributed by atoms with E-state index in [-0.39, 0.29) is 5.78 Å². The molecule has 0 amide bonds. The van der Waals surface area contributed by atoms with Crippen molar-refractivity contribution in [3.8, 4) is 28.7 Å². The van der Waals surface area contributed by atoms with Crippen molar-refractivity contribution in [2.75, 3.05) is 40.9 Å². The Hall–Kier alpha value is -4.39. The van der Waals surface area contributed by atoms with Gasteiger partial charge in [0, 0.05) is 23.4 Å². The van der Waals surface area contributed by atoms with Crippen molar-refractivity contribution in [3.63, 3.8) is 0 Å². The van der Waals surface area contributed by atoms with Crippen LogP contribution in [0.25, 0.3) is 12.2 Å². The fourth-order valence-electron chi connectivity index (χ4n) is 3.81. The molecule has 7 nitrogen and oxygen atoms in total. The van der Waals surface area contributed by atoms with E-state index in [2.05, 4.69) is 5.32 Å². The second kappa shape index (κ2) is 12.5. The van der Waals surface area contributed by atoms with Crippen LogP contribution in [-0.4, -0.2) is 41.3 Å². The van der Waals surface area contributed by atoms with E-state index >= 15 is 0 Å². The number of anilines is 1. The highest BCUT2D eigenvalue weighted by atomic mass is 16.5. The molecule has 0 radical (unpaired) electrons. The molecule has 3 rings (SSSR count). The summed E-state index contributed by atoms with van der Waals surface area (Å²) >= 11 is 0. The highest BCUT2D eigenvalue weighted by Gasteiger charge is 2.15. The maximum Gasteiger partial charge on any atom is 0.203 e. The van der Waals surface area contributed by atoms with Gasteiger partial charge in [-0.05, 0) is 60.9 Å². The van der Waals surface area contributed by atoms with Crippen molar-refractivity contribution >= 4 is 23.6 Å². The van der Waals surface area contributed by atoms with Gasteiger partial charge in [-0.3, -0.25) is 4.79 Å². The molecule has 7 heteroatoms. The standard InChI is InChI=1S/C30H33NO6/c1-19-8-10-23(16-20(19)2)24(32)14-15-31-28-22(12-13-25(33-3)30(28)37-7)11-9-21-17-26(34-4)29(36-6)27(18-21)35-5/h8-18,31H,1-7H3/b11-9-,15-14-. The van der Waals surface area contributed by atoms with Gasteiger partial charge in [0.15, 0.2) is 28.8 Å². The number of methoxy groups -OCH3 is 5. The van der Waals surface area contributed by atoms with Gasteiger partial charge >= 0.3 is 0 Å². The molecule has 1 N–H and O–H groups in total. The first-order valence-corrected chi connectivity index (χ1v) is 11.6. The molecule has 3 aromatic rings. The molecule has 37 heavy (non-hydrogen) atoms. The van der Waals surface area contributed by atoms with Crippen LogP contribution in [0.15, 0.2) is 54.7 Å². The van der Waals surface area contributed by atoms with E-state index in [4.69, 9.17) is 23.7 Å². The Labute approximate surface area is 218 Å². The van der Waals surface area contributed by atoms with Crippen LogP contribution in [0.4, 0.5) is 5.69 Å². The van der Waals surface area contributed by atoms with Gasteiger partial charge in [0.05, 0.1) is 41.2 Å². The topological polar surface area (TPSA) is 75.2 Å². The first kappa shape index (κ1) is 27.2. The summed E-state index contributed by atoms with van der Waals surface area (Å²) in [4.78, 5) is 12.7. The lowest BCUT2D eigenvalue weighted by Gasteiger charge is -2.15. The molecule has 0 saturated heterocycles. The van der Waals surface area contributed by atoms with E-state index in [0.717, 1.165) is 22.3 Å². The lowest BCUT2D eigenvalue weighted by molar-refractivity contribution is 0.104. The number of carbonyl (C=O) groups is 1. The van der Waals surface area contributed by atoms with Crippen LogP contribution >= 0.6 is 0 Å². The Balaban J connectivity index is 1.95. The fourth-order valence-corrected chi connectivity index (χ4v) is 3.81. The summed E-state index contributed by atoms with van der Waals surface area (Å²) in [6.45, 7) is 4.00. The number of rotatable bonds is 11. The van der Waals surface area contributed by atoms with E-state index < -0.39 is 0 Å². The average molecular weight is 504 g/mol. The molecule has 0 bridgehead atoms. The average Bonchev–Trinajstić information content (AvgIpc) is 2.92. The van der Waals surface area contributed by atoms with Crippen LogP contribution in [-0.2, 0) is 0 Å². The van der Waals surface area contributed by atoms with Crippen molar-refractivity contribution in [3.05, 3.63) is 82.6 Å². The van der Waals surface area contributed by atoms with Gasteiger partial charge in [0.25, 0.3) is 0 Å². The molecule has 0 unspecified atom stereocenters. The third kappa shape index (κ3) is 6.25. The summed E-state index contributed by atoms with van der Waals surface area (Å²) < 4.78 is 27.4. The largest absolute Gasteiger partial charge is 0.493 e. The molecule has 194 valence electrons. The highest BCUT2D eigenvalue weighted by molar-refractivity contribution is 6.04. The van der Waals surface area contributed by atoms with Crippen LogP contribution < -0.4 is 29.0 Å². The van der Waals surface area contributed by atoms with Crippen molar-refractivity contribution in [1.29, 1.82) is 0 Å². The van der Waals surface area contributed by atoms with Gasteiger partial charge < -0.3 is 29.0 Å². The summed E-state index contributed by atoms with van der Waals surface area (Å²) in [6.07, 6.45) is 6.94. The van der Waals surface area contributed by atoms with Gasteiger partial charge in [-0.25, -0.2) is 0 Å². The van der Waals surface area contributed by atoms with E-state index in [0.29, 0.717) is 40.0 Å². The Morgan fingerprint density at radius 3 is 1.92 bits per heavy atom. The maximum atomic E-state index is 12.7. The van der Waals surface area contributed by atoms with Gasteiger partial charge in [0.1, 0.15) is 0 Å². The van der Waals surface area contributed by atoms with Crippen LogP contribution in [0.3, 0.4) is 0 Å². The second-order valence-electron chi connectivity index (χ2n) is 8.20. The zero-order valence-electron chi connectivity index (χ0n) is 22.3. The van der Waals surface area contributed by atoms with Crippen molar-refractivity contribution in [1.82, 2.24) is 0 Å². The SMILES string of the molecule is COc1cc(/C=C\c2ccc(OC)c(OC)c2N/C=C\C(=O)c2ccc(C)c(C)c2)cc(OC)c1OC.